The number of aryl methyl sites for hydroxylation is 1. The smallest absolute Gasteiger partial charge is 0.262 e. The Morgan fingerprint density at radius 3 is 2.48 bits per heavy atom. The molecule has 0 saturated carbocycles. The fraction of sp³-hybridized carbons (Fsp3) is 0.188. The Labute approximate surface area is 158 Å². The molecule has 0 unspecified atom stereocenters. The average Bonchev–Trinajstić information content (AvgIpc) is 2.51. The Bertz CT molecular complexity index is 738. The Kier molecular flexibility index (Phi) is 6.60. The van der Waals surface area contributed by atoms with Gasteiger partial charge in [-0.05, 0) is 52.2 Å². The van der Waals surface area contributed by atoms with Gasteiger partial charge in [-0.2, -0.15) is 0 Å². The molecule has 0 aromatic heterocycles. The predicted molar refractivity (Wildman–Crippen MR) is 99.1 cm³/mol. The quantitative estimate of drug-likeness (QED) is 0.584. The first-order valence-electron chi connectivity index (χ1n) is 6.76. The molecule has 0 heterocycles. The van der Waals surface area contributed by atoms with Crippen molar-refractivity contribution in [1.29, 1.82) is 0 Å². The van der Waals surface area contributed by atoms with Gasteiger partial charge < -0.3 is 10.1 Å². The summed E-state index contributed by atoms with van der Waals surface area (Å²) in [6, 6.07) is 8.71. The summed E-state index contributed by atoms with van der Waals surface area (Å²) < 4.78 is 6.31. The number of carbonyl (C=O) groups excluding carboxylic acids is 1. The molecule has 122 valence electrons. The van der Waals surface area contributed by atoms with Crippen molar-refractivity contribution in [3.8, 4) is 5.75 Å². The number of amides is 1. The van der Waals surface area contributed by atoms with E-state index in [0.717, 1.165) is 10.9 Å². The molecule has 2 rings (SSSR count). The molecule has 1 amide bonds. The van der Waals surface area contributed by atoms with Crippen LogP contribution in [0.15, 0.2) is 34.8 Å². The van der Waals surface area contributed by atoms with Crippen molar-refractivity contribution in [3.63, 3.8) is 0 Å². The molecule has 0 aliphatic rings. The Hall–Kier alpha value is -0.940. The highest BCUT2D eigenvalue weighted by Crippen LogP contribution is 2.32. The Morgan fingerprint density at radius 1 is 1.13 bits per heavy atom. The molecule has 2 aromatic carbocycles. The number of benzene rings is 2. The first kappa shape index (κ1) is 18.4. The summed E-state index contributed by atoms with van der Waals surface area (Å²) in [7, 11) is 0. The minimum Gasteiger partial charge on any atom is -0.483 e. The summed E-state index contributed by atoms with van der Waals surface area (Å²) in [5.41, 5.74) is 1.56. The van der Waals surface area contributed by atoms with Gasteiger partial charge in [0.05, 0.1) is 25.2 Å². The third-order valence-electron chi connectivity index (χ3n) is 3.05. The molecule has 0 radical (unpaired) electrons. The van der Waals surface area contributed by atoms with Crippen LogP contribution in [0.4, 0.5) is 5.69 Å². The largest absolute Gasteiger partial charge is 0.483 e. The van der Waals surface area contributed by atoms with E-state index in [9.17, 15) is 4.79 Å². The molecule has 0 bridgehead atoms. The fourth-order valence-electron chi connectivity index (χ4n) is 1.83. The van der Waals surface area contributed by atoms with Gasteiger partial charge in [-0.15, -0.1) is 0 Å². The highest BCUT2D eigenvalue weighted by atomic mass is 79.9. The summed E-state index contributed by atoms with van der Waals surface area (Å²) in [6.45, 7) is 1.91. The van der Waals surface area contributed by atoms with Crippen LogP contribution >= 0.6 is 50.7 Å². The molecule has 0 saturated heterocycles. The van der Waals surface area contributed by atoms with Gasteiger partial charge in [-0.3, -0.25) is 4.79 Å². The molecule has 0 aliphatic carbocycles. The molecular weight excluding hydrogens is 424 g/mol. The van der Waals surface area contributed by atoms with Crippen LogP contribution in [0.3, 0.4) is 0 Å². The lowest BCUT2D eigenvalue weighted by Crippen LogP contribution is -2.20. The van der Waals surface area contributed by atoms with Crippen molar-refractivity contribution in [2.24, 2.45) is 0 Å². The highest BCUT2D eigenvalue weighted by Gasteiger charge is 2.11. The number of nitrogens with one attached hydrogen (secondary N) is 1. The number of carbonyl (C=O) groups is 1. The van der Waals surface area contributed by atoms with Gasteiger partial charge in [0.1, 0.15) is 5.75 Å². The van der Waals surface area contributed by atoms with E-state index in [1.54, 1.807) is 0 Å². The normalized spacial score (nSPS) is 10.5. The molecule has 1 N–H and O–H groups in total. The predicted octanol–water partition coefficient (Wildman–Crippen LogP) is 5.99. The molecule has 0 atom stereocenters. The SMILES string of the molecule is CCc1ccc(OCC(=O)Nc2cc(Cl)c(Cl)cc2Cl)c(Br)c1. The minimum absolute atomic E-state index is 0.152. The van der Waals surface area contributed by atoms with Crippen molar-refractivity contribution in [3.05, 3.63) is 55.4 Å². The number of hydrogen-bond donors (Lipinski definition) is 1. The minimum atomic E-state index is -0.350. The van der Waals surface area contributed by atoms with Crippen LogP contribution in [-0.2, 0) is 11.2 Å². The van der Waals surface area contributed by atoms with E-state index in [1.165, 1.54) is 17.7 Å². The van der Waals surface area contributed by atoms with Gasteiger partial charge >= 0.3 is 0 Å². The van der Waals surface area contributed by atoms with E-state index in [2.05, 4.69) is 28.2 Å². The maximum absolute atomic E-state index is 12.0. The van der Waals surface area contributed by atoms with Gasteiger partial charge in [0.25, 0.3) is 5.91 Å². The molecule has 0 fully saturated rings. The van der Waals surface area contributed by atoms with Crippen molar-refractivity contribution >= 4 is 62.3 Å². The summed E-state index contributed by atoms with van der Waals surface area (Å²) in [5, 5.41) is 3.58. The second-order valence-corrected chi connectivity index (χ2v) is 6.78. The molecule has 0 aliphatic heterocycles. The maximum Gasteiger partial charge on any atom is 0.262 e. The number of ether oxygens (including phenoxy) is 1. The van der Waals surface area contributed by atoms with Gasteiger partial charge in [0.2, 0.25) is 0 Å². The zero-order valence-electron chi connectivity index (χ0n) is 12.1. The molecule has 3 nitrogen and oxygen atoms in total. The van der Waals surface area contributed by atoms with Crippen LogP contribution in [0.2, 0.25) is 15.1 Å². The van der Waals surface area contributed by atoms with Crippen LogP contribution in [0.25, 0.3) is 0 Å². The molecule has 23 heavy (non-hydrogen) atoms. The summed E-state index contributed by atoms with van der Waals surface area (Å²) in [4.78, 5) is 12.0. The summed E-state index contributed by atoms with van der Waals surface area (Å²) in [5.74, 6) is 0.245. The lowest BCUT2D eigenvalue weighted by Gasteiger charge is -2.11. The van der Waals surface area contributed by atoms with E-state index in [0.29, 0.717) is 26.5 Å². The van der Waals surface area contributed by atoms with Crippen molar-refractivity contribution in [2.75, 3.05) is 11.9 Å². The lowest BCUT2D eigenvalue weighted by atomic mass is 10.2. The lowest BCUT2D eigenvalue weighted by molar-refractivity contribution is -0.118. The molecule has 2 aromatic rings. The van der Waals surface area contributed by atoms with Gasteiger partial charge in [-0.25, -0.2) is 0 Å². The van der Waals surface area contributed by atoms with Crippen molar-refractivity contribution < 1.29 is 9.53 Å². The van der Waals surface area contributed by atoms with Crippen LogP contribution in [0.1, 0.15) is 12.5 Å². The second kappa shape index (κ2) is 8.25. The van der Waals surface area contributed by atoms with Crippen molar-refractivity contribution in [1.82, 2.24) is 0 Å². The standard InChI is InChI=1S/C16H13BrCl3NO2/c1-2-9-3-4-15(10(17)5-9)23-8-16(22)21-14-7-12(19)11(18)6-13(14)20/h3-7H,2,8H2,1H3,(H,21,22). The van der Waals surface area contributed by atoms with E-state index in [-0.39, 0.29) is 12.5 Å². The van der Waals surface area contributed by atoms with E-state index >= 15 is 0 Å². The Morgan fingerprint density at radius 2 is 1.83 bits per heavy atom. The first-order chi connectivity index (χ1) is 10.9. The van der Waals surface area contributed by atoms with Gasteiger partial charge in [0, 0.05) is 0 Å². The third kappa shape index (κ3) is 5.01. The van der Waals surface area contributed by atoms with Crippen molar-refractivity contribution in [2.45, 2.75) is 13.3 Å². The van der Waals surface area contributed by atoms with Crippen LogP contribution in [0, 0.1) is 0 Å². The summed E-state index contributed by atoms with van der Waals surface area (Å²) in [6.07, 6.45) is 0.926. The van der Waals surface area contributed by atoms with Crippen LogP contribution in [0.5, 0.6) is 5.75 Å². The van der Waals surface area contributed by atoms with Gasteiger partial charge in [-0.1, -0.05) is 47.8 Å². The third-order valence-corrected chi connectivity index (χ3v) is 4.70. The number of rotatable bonds is 5. The number of halogens is 4. The first-order valence-corrected chi connectivity index (χ1v) is 8.69. The molecule has 7 heteroatoms. The second-order valence-electron chi connectivity index (χ2n) is 4.70. The average molecular weight is 438 g/mol. The molecule has 0 spiro atoms. The van der Waals surface area contributed by atoms with E-state index in [4.69, 9.17) is 39.5 Å². The number of hydrogen-bond acceptors (Lipinski definition) is 2. The maximum atomic E-state index is 12.0. The zero-order chi connectivity index (χ0) is 17.0. The van der Waals surface area contributed by atoms with Crippen LogP contribution < -0.4 is 10.1 Å². The van der Waals surface area contributed by atoms with Crippen LogP contribution in [-0.4, -0.2) is 12.5 Å². The zero-order valence-corrected chi connectivity index (χ0v) is 16.0. The summed E-state index contributed by atoms with van der Waals surface area (Å²) >= 11 is 21.2. The van der Waals surface area contributed by atoms with E-state index in [1.807, 2.05) is 18.2 Å². The molecular formula is C16H13BrCl3NO2. The monoisotopic (exact) mass is 435 g/mol. The van der Waals surface area contributed by atoms with Gasteiger partial charge in [0.15, 0.2) is 6.61 Å². The van der Waals surface area contributed by atoms with E-state index < -0.39 is 0 Å². The fourth-order valence-corrected chi connectivity index (χ4v) is 2.96. The number of anilines is 1. The topological polar surface area (TPSA) is 38.3 Å². The Balaban J connectivity index is 1.99. The highest BCUT2D eigenvalue weighted by molar-refractivity contribution is 9.10.